The fourth-order valence-corrected chi connectivity index (χ4v) is 4.72. The summed E-state index contributed by atoms with van der Waals surface area (Å²) in [5, 5.41) is 0. The van der Waals surface area contributed by atoms with Gasteiger partial charge in [0.15, 0.2) is 0 Å². The molecule has 1 fully saturated rings. The molecule has 3 unspecified atom stereocenters. The van der Waals surface area contributed by atoms with Gasteiger partial charge in [0.05, 0.1) is 5.75 Å². The molecule has 118 valence electrons. The van der Waals surface area contributed by atoms with Crippen molar-refractivity contribution in [1.82, 2.24) is 4.72 Å². The van der Waals surface area contributed by atoms with Crippen LogP contribution in [-0.2, 0) is 15.8 Å². The van der Waals surface area contributed by atoms with Gasteiger partial charge in [-0.3, -0.25) is 0 Å². The molecule has 1 aromatic rings. The third-order valence-corrected chi connectivity index (χ3v) is 6.24. The molecule has 1 saturated carbocycles. The molecule has 6 heteroatoms. The molecule has 0 bridgehead atoms. The summed E-state index contributed by atoms with van der Waals surface area (Å²) in [6, 6.07) is 4.40. The van der Waals surface area contributed by atoms with Crippen LogP contribution in [-0.4, -0.2) is 14.5 Å². The second-order valence-electron chi connectivity index (χ2n) is 5.99. The number of hydrogen-bond donors (Lipinski definition) is 1. The summed E-state index contributed by atoms with van der Waals surface area (Å²) in [5.74, 6) is 0.00273. The van der Waals surface area contributed by atoms with Gasteiger partial charge < -0.3 is 0 Å². The van der Waals surface area contributed by atoms with Gasteiger partial charge in [0, 0.05) is 16.1 Å². The van der Waals surface area contributed by atoms with Crippen molar-refractivity contribution in [3.8, 4) is 0 Å². The van der Waals surface area contributed by atoms with Gasteiger partial charge in [-0.1, -0.05) is 48.7 Å². The van der Waals surface area contributed by atoms with Crippen LogP contribution in [0, 0.1) is 17.7 Å². The van der Waals surface area contributed by atoms with E-state index in [0.717, 1.165) is 19.3 Å². The summed E-state index contributed by atoms with van der Waals surface area (Å²) < 4.78 is 41.7. The fraction of sp³-hybridized carbons (Fsp3) is 0.600. The minimum atomic E-state index is -3.53. The van der Waals surface area contributed by atoms with E-state index in [1.54, 1.807) is 6.07 Å². The van der Waals surface area contributed by atoms with Crippen LogP contribution in [0.1, 0.15) is 38.7 Å². The molecule has 0 saturated heterocycles. The predicted octanol–water partition coefficient (Wildman–Crippen LogP) is 3.83. The lowest BCUT2D eigenvalue weighted by Gasteiger charge is -2.34. The van der Waals surface area contributed by atoms with Gasteiger partial charge >= 0.3 is 0 Å². The maximum Gasteiger partial charge on any atom is 0.216 e. The minimum absolute atomic E-state index is 0.0442. The molecule has 1 aliphatic rings. The predicted molar refractivity (Wildman–Crippen MR) is 85.8 cm³/mol. The highest BCUT2D eigenvalue weighted by Crippen LogP contribution is 2.30. The molecule has 3 atom stereocenters. The van der Waals surface area contributed by atoms with E-state index in [9.17, 15) is 12.8 Å². The van der Waals surface area contributed by atoms with Crippen molar-refractivity contribution >= 4 is 26.0 Å². The molecule has 2 rings (SSSR count). The second-order valence-corrected chi connectivity index (χ2v) is 8.66. The SMILES string of the molecule is CC1CCCC(NS(=O)(=O)Cc2ccc(Br)cc2F)C1C. The van der Waals surface area contributed by atoms with Crippen LogP contribution in [0.5, 0.6) is 0 Å². The van der Waals surface area contributed by atoms with Crippen molar-refractivity contribution in [3.05, 3.63) is 34.1 Å². The molecule has 3 nitrogen and oxygen atoms in total. The Kier molecular flexibility index (Phi) is 5.43. The summed E-state index contributed by atoms with van der Waals surface area (Å²) in [5.41, 5.74) is 0.196. The molecule has 1 aliphatic carbocycles. The lowest BCUT2D eigenvalue weighted by Crippen LogP contribution is -2.44. The number of nitrogens with one attached hydrogen (secondary N) is 1. The molecule has 0 aromatic heterocycles. The molecule has 21 heavy (non-hydrogen) atoms. The summed E-state index contributed by atoms with van der Waals surface area (Å²) in [6.45, 7) is 4.23. The zero-order valence-electron chi connectivity index (χ0n) is 12.3. The van der Waals surface area contributed by atoms with Crippen molar-refractivity contribution < 1.29 is 12.8 Å². The van der Waals surface area contributed by atoms with E-state index >= 15 is 0 Å². The topological polar surface area (TPSA) is 46.2 Å². The largest absolute Gasteiger partial charge is 0.216 e. The monoisotopic (exact) mass is 377 g/mol. The van der Waals surface area contributed by atoms with E-state index in [-0.39, 0.29) is 17.4 Å². The summed E-state index contributed by atoms with van der Waals surface area (Å²) >= 11 is 3.16. The Balaban J connectivity index is 2.08. The lowest BCUT2D eigenvalue weighted by molar-refractivity contribution is 0.227. The highest BCUT2D eigenvalue weighted by atomic mass is 79.9. The first-order chi connectivity index (χ1) is 9.78. The Morgan fingerprint density at radius 1 is 1.33 bits per heavy atom. The molecule has 0 aliphatic heterocycles. The van der Waals surface area contributed by atoms with Crippen LogP contribution in [0.15, 0.2) is 22.7 Å². The minimum Gasteiger partial charge on any atom is -0.212 e. The second kappa shape index (κ2) is 6.75. The smallest absolute Gasteiger partial charge is 0.212 e. The van der Waals surface area contributed by atoms with Gasteiger partial charge in [0.1, 0.15) is 5.82 Å². The normalized spacial score (nSPS) is 26.8. The maximum atomic E-state index is 13.8. The average Bonchev–Trinajstić information content (AvgIpc) is 2.38. The maximum absolute atomic E-state index is 13.8. The van der Waals surface area contributed by atoms with Crippen molar-refractivity contribution in [2.24, 2.45) is 11.8 Å². The van der Waals surface area contributed by atoms with Crippen LogP contribution in [0.4, 0.5) is 4.39 Å². The van der Waals surface area contributed by atoms with Gasteiger partial charge in [0.2, 0.25) is 10.0 Å². The quantitative estimate of drug-likeness (QED) is 0.866. The molecule has 0 amide bonds. The van der Waals surface area contributed by atoms with Crippen LogP contribution in [0.2, 0.25) is 0 Å². The molecule has 0 heterocycles. The standard InChI is InChI=1S/C15H21BrFNO2S/c1-10-4-3-5-15(11(10)2)18-21(19,20)9-12-6-7-13(16)8-14(12)17/h6-8,10-11,15,18H,3-5,9H2,1-2H3. The molecular weight excluding hydrogens is 357 g/mol. The molecule has 0 spiro atoms. The Morgan fingerprint density at radius 3 is 2.71 bits per heavy atom. The van der Waals surface area contributed by atoms with Crippen LogP contribution in [0.25, 0.3) is 0 Å². The van der Waals surface area contributed by atoms with Crippen LogP contribution in [0.3, 0.4) is 0 Å². The number of hydrogen-bond acceptors (Lipinski definition) is 2. The number of sulfonamides is 1. The van der Waals surface area contributed by atoms with E-state index in [4.69, 9.17) is 0 Å². The van der Waals surface area contributed by atoms with E-state index in [1.807, 2.05) is 0 Å². The first kappa shape index (κ1) is 16.9. The highest BCUT2D eigenvalue weighted by Gasteiger charge is 2.30. The number of rotatable bonds is 4. The zero-order valence-corrected chi connectivity index (χ0v) is 14.7. The van der Waals surface area contributed by atoms with Gasteiger partial charge in [-0.2, -0.15) is 0 Å². The van der Waals surface area contributed by atoms with Gasteiger partial charge in [-0.15, -0.1) is 0 Å². The molecule has 1 N–H and O–H groups in total. The average molecular weight is 378 g/mol. The number of halogens is 2. The van der Waals surface area contributed by atoms with Gasteiger partial charge in [-0.05, 0) is 30.4 Å². The van der Waals surface area contributed by atoms with E-state index < -0.39 is 15.8 Å². The fourth-order valence-electron chi connectivity index (χ4n) is 2.86. The van der Waals surface area contributed by atoms with E-state index in [0.29, 0.717) is 16.3 Å². The summed E-state index contributed by atoms with van der Waals surface area (Å²) in [6.07, 6.45) is 3.03. The van der Waals surface area contributed by atoms with E-state index in [1.165, 1.54) is 12.1 Å². The van der Waals surface area contributed by atoms with Crippen molar-refractivity contribution in [2.45, 2.75) is 44.9 Å². The van der Waals surface area contributed by atoms with Gasteiger partial charge in [0.25, 0.3) is 0 Å². The number of benzene rings is 1. The third-order valence-electron chi connectivity index (χ3n) is 4.40. The van der Waals surface area contributed by atoms with Crippen LogP contribution < -0.4 is 4.72 Å². The Bertz CT molecular complexity index is 606. The Morgan fingerprint density at radius 2 is 2.05 bits per heavy atom. The first-order valence-corrected chi connectivity index (χ1v) is 9.67. The van der Waals surface area contributed by atoms with Gasteiger partial charge in [-0.25, -0.2) is 17.5 Å². The zero-order chi connectivity index (χ0) is 15.6. The van der Waals surface area contributed by atoms with Crippen molar-refractivity contribution in [2.75, 3.05) is 0 Å². The lowest BCUT2D eigenvalue weighted by atomic mass is 9.78. The third kappa shape index (κ3) is 4.50. The Hall–Kier alpha value is -0.460. The highest BCUT2D eigenvalue weighted by molar-refractivity contribution is 9.10. The van der Waals surface area contributed by atoms with Crippen LogP contribution >= 0.6 is 15.9 Å². The molecule has 0 radical (unpaired) electrons. The van der Waals surface area contributed by atoms with Crippen molar-refractivity contribution in [3.63, 3.8) is 0 Å². The Labute approximate surface area is 134 Å². The summed E-state index contributed by atoms with van der Waals surface area (Å²) in [7, 11) is -3.53. The van der Waals surface area contributed by atoms with E-state index in [2.05, 4.69) is 34.5 Å². The van der Waals surface area contributed by atoms with Crippen molar-refractivity contribution in [1.29, 1.82) is 0 Å². The molecule has 1 aromatic carbocycles. The molecular formula is C15H21BrFNO2S. The first-order valence-electron chi connectivity index (χ1n) is 7.22. The summed E-state index contributed by atoms with van der Waals surface area (Å²) in [4.78, 5) is 0.